The number of ether oxygens (including phenoxy) is 2. The third kappa shape index (κ3) is 3.83. The molecule has 0 unspecified atom stereocenters. The van der Waals surface area contributed by atoms with Crippen molar-refractivity contribution in [2.45, 2.75) is 32.0 Å². The van der Waals surface area contributed by atoms with Crippen molar-refractivity contribution in [3.05, 3.63) is 59.3 Å². The molecule has 3 aromatic rings. The molecule has 1 aliphatic carbocycles. The molecule has 0 bridgehead atoms. The number of aromatic amines is 1. The van der Waals surface area contributed by atoms with E-state index in [1.807, 2.05) is 18.2 Å². The maximum absolute atomic E-state index is 12.5. The van der Waals surface area contributed by atoms with Crippen molar-refractivity contribution in [3.8, 4) is 11.5 Å². The topological polar surface area (TPSA) is 37.5 Å². The molecule has 1 heterocycles. The summed E-state index contributed by atoms with van der Waals surface area (Å²) in [4.78, 5) is 5.50. The van der Waals surface area contributed by atoms with Crippen LogP contribution in [0, 0.1) is 0 Å². The Morgan fingerprint density at radius 2 is 2.07 bits per heavy atom. The highest BCUT2D eigenvalue weighted by atomic mass is 19.3. The monoisotopic (exact) mass is 386 g/mol. The summed E-state index contributed by atoms with van der Waals surface area (Å²) in [6.45, 7) is -1.85. The molecular formula is C22H24F2N2O2. The largest absolute Gasteiger partial charge is 0.485 e. The Balaban J connectivity index is 1.59. The summed E-state index contributed by atoms with van der Waals surface area (Å²) in [5.74, 6) is 1.06. The fourth-order valence-corrected chi connectivity index (χ4v) is 3.87. The van der Waals surface area contributed by atoms with Gasteiger partial charge in [0.05, 0.1) is 0 Å². The highest BCUT2D eigenvalue weighted by Crippen LogP contribution is 2.39. The van der Waals surface area contributed by atoms with Gasteiger partial charge in [0.1, 0.15) is 17.6 Å². The minimum absolute atomic E-state index is 0.0854. The molecule has 4 rings (SSSR count). The van der Waals surface area contributed by atoms with Gasteiger partial charge < -0.3 is 19.4 Å². The van der Waals surface area contributed by atoms with Gasteiger partial charge in [0.2, 0.25) is 0 Å². The van der Waals surface area contributed by atoms with E-state index in [0.717, 1.165) is 53.6 Å². The SMILES string of the molecule is CN(C)CCc1c[nH]c2cccc(O[C@@H]3CCc4cc(OC(F)F)ccc43)c12. The van der Waals surface area contributed by atoms with Crippen LogP contribution >= 0.6 is 0 Å². The average Bonchev–Trinajstić information content (AvgIpc) is 3.24. The molecule has 0 saturated heterocycles. The van der Waals surface area contributed by atoms with Crippen LogP contribution in [0.25, 0.3) is 10.9 Å². The maximum atomic E-state index is 12.5. The number of hydrogen-bond donors (Lipinski definition) is 1. The minimum atomic E-state index is -2.81. The Bertz CT molecular complexity index is 968. The standard InChI is InChI=1S/C22H24F2N2O2/c1-26(2)11-10-15-13-25-18-4-3-5-20(21(15)18)28-19-9-6-14-12-16(27-22(23)24)7-8-17(14)19/h3-5,7-8,12-13,19,22,25H,6,9-11H2,1-2H3/t19-/m1/s1. The van der Waals surface area contributed by atoms with Gasteiger partial charge in [-0.05, 0) is 74.3 Å². The maximum Gasteiger partial charge on any atom is 0.387 e. The predicted octanol–water partition coefficient (Wildman–Crippen LogP) is 4.94. The fraction of sp³-hybridized carbons (Fsp3) is 0.364. The molecule has 28 heavy (non-hydrogen) atoms. The summed E-state index contributed by atoms with van der Waals surface area (Å²) in [6, 6.07) is 11.2. The number of rotatable bonds is 7. The first-order valence-corrected chi connectivity index (χ1v) is 9.49. The molecule has 1 atom stereocenters. The van der Waals surface area contributed by atoms with E-state index in [9.17, 15) is 8.78 Å². The van der Waals surface area contributed by atoms with Gasteiger partial charge in [-0.25, -0.2) is 0 Å². The first-order chi connectivity index (χ1) is 13.5. The summed E-state index contributed by atoms with van der Waals surface area (Å²) < 4.78 is 35.8. The van der Waals surface area contributed by atoms with Crippen LogP contribution in [0.1, 0.15) is 29.2 Å². The van der Waals surface area contributed by atoms with Crippen LogP contribution in [0.15, 0.2) is 42.6 Å². The van der Waals surface area contributed by atoms with E-state index in [2.05, 4.69) is 41.0 Å². The number of aryl methyl sites for hydroxylation is 1. The van der Waals surface area contributed by atoms with Gasteiger partial charge >= 0.3 is 6.61 Å². The number of benzene rings is 2. The van der Waals surface area contributed by atoms with E-state index in [1.165, 1.54) is 5.56 Å². The quantitative estimate of drug-likeness (QED) is 0.625. The van der Waals surface area contributed by atoms with Crippen molar-refractivity contribution in [3.63, 3.8) is 0 Å². The third-order valence-corrected chi connectivity index (χ3v) is 5.21. The zero-order chi connectivity index (χ0) is 19.7. The second-order valence-electron chi connectivity index (χ2n) is 7.43. The summed E-state index contributed by atoms with van der Waals surface area (Å²) in [7, 11) is 4.13. The lowest BCUT2D eigenvalue weighted by molar-refractivity contribution is -0.0498. The van der Waals surface area contributed by atoms with Crippen molar-refractivity contribution in [2.24, 2.45) is 0 Å². The second kappa shape index (κ2) is 7.80. The van der Waals surface area contributed by atoms with Crippen LogP contribution in [0.2, 0.25) is 0 Å². The van der Waals surface area contributed by atoms with Gasteiger partial charge in [0.15, 0.2) is 0 Å². The molecule has 0 saturated carbocycles. The van der Waals surface area contributed by atoms with E-state index < -0.39 is 6.61 Å². The number of alkyl halides is 2. The number of nitrogens with one attached hydrogen (secondary N) is 1. The molecule has 6 heteroatoms. The third-order valence-electron chi connectivity index (χ3n) is 5.21. The molecule has 0 fully saturated rings. The number of H-pyrrole nitrogens is 1. The van der Waals surface area contributed by atoms with Crippen LogP contribution in [0.5, 0.6) is 11.5 Å². The molecule has 1 aromatic heterocycles. The Kier molecular flexibility index (Phi) is 5.22. The Labute approximate surface area is 163 Å². The molecule has 4 nitrogen and oxygen atoms in total. The summed E-state index contributed by atoms with van der Waals surface area (Å²) >= 11 is 0. The molecule has 0 radical (unpaired) electrons. The summed E-state index contributed by atoms with van der Waals surface area (Å²) in [5.41, 5.74) is 4.35. The average molecular weight is 386 g/mol. The van der Waals surface area contributed by atoms with Gasteiger partial charge in [-0.2, -0.15) is 8.78 Å². The first kappa shape index (κ1) is 18.7. The number of aromatic nitrogens is 1. The van der Waals surface area contributed by atoms with E-state index in [4.69, 9.17) is 4.74 Å². The number of likely N-dealkylation sites (N-methyl/N-ethyl adjacent to an activating group) is 1. The van der Waals surface area contributed by atoms with Gasteiger partial charge in [0, 0.05) is 23.6 Å². The highest BCUT2D eigenvalue weighted by Gasteiger charge is 2.26. The summed E-state index contributed by atoms with van der Waals surface area (Å²) in [6.07, 6.45) is 4.51. The van der Waals surface area contributed by atoms with Crippen molar-refractivity contribution >= 4 is 10.9 Å². The van der Waals surface area contributed by atoms with E-state index >= 15 is 0 Å². The second-order valence-corrected chi connectivity index (χ2v) is 7.43. The smallest absolute Gasteiger partial charge is 0.387 e. The number of fused-ring (bicyclic) bond motifs is 2. The van der Waals surface area contributed by atoms with Crippen molar-refractivity contribution in [2.75, 3.05) is 20.6 Å². The van der Waals surface area contributed by atoms with Gasteiger partial charge in [-0.1, -0.05) is 12.1 Å². The highest BCUT2D eigenvalue weighted by molar-refractivity contribution is 5.89. The van der Waals surface area contributed by atoms with Crippen LogP contribution in [0.4, 0.5) is 8.78 Å². The lowest BCUT2D eigenvalue weighted by Gasteiger charge is -2.17. The van der Waals surface area contributed by atoms with E-state index in [1.54, 1.807) is 12.1 Å². The van der Waals surface area contributed by atoms with Crippen LogP contribution in [-0.4, -0.2) is 37.1 Å². The molecule has 2 aromatic carbocycles. The Morgan fingerprint density at radius 3 is 2.86 bits per heavy atom. The van der Waals surface area contributed by atoms with Crippen LogP contribution in [-0.2, 0) is 12.8 Å². The number of halogens is 2. The molecule has 148 valence electrons. The fourth-order valence-electron chi connectivity index (χ4n) is 3.87. The normalized spacial score (nSPS) is 16.1. The predicted molar refractivity (Wildman–Crippen MR) is 105 cm³/mol. The number of nitrogens with zero attached hydrogens (tertiary/aromatic N) is 1. The first-order valence-electron chi connectivity index (χ1n) is 9.49. The van der Waals surface area contributed by atoms with E-state index in [-0.39, 0.29) is 11.9 Å². The van der Waals surface area contributed by atoms with Gasteiger partial charge in [0.25, 0.3) is 0 Å². The minimum Gasteiger partial charge on any atom is -0.485 e. The molecule has 0 spiro atoms. The van der Waals surface area contributed by atoms with Gasteiger partial charge in [-0.15, -0.1) is 0 Å². The zero-order valence-electron chi connectivity index (χ0n) is 16.0. The lowest BCUT2D eigenvalue weighted by atomic mass is 10.1. The van der Waals surface area contributed by atoms with E-state index in [0.29, 0.717) is 0 Å². The molecule has 1 N–H and O–H groups in total. The summed E-state index contributed by atoms with van der Waals surface area (Å²) in [5, 5.41) is 1.12. The molecular weight excluding hydrogens is 362 g/mol. The van der Waals surface area contributed by atoms with Crippen molar-refractivity contribution in [1.82, 2.24) is 9.88 Å². The molecule has 1 aliphatic rings. The van der Waals surface area contributed by atoms with Crippen molar-refractivity contribution < 1.29 is 18.3 Å². The zero-order valence-corrected chi connectivity index (χ0v) is 16.0. The van der Waals surface area contributed by atoms with Crippen molar-refractivity contribution in [1.29, 1.82) is 0 Å². The molecule has 0 amide bonds. The van der Waals surface area contributed by atoms with Crippen LogP contribution < -0.4 is 9.47 Å². The Morgan fingerprint density at radius 1 is 1.21 bits per heavy atom. The van der Waals surface area contributed by atoms with Gasteiger partial charge in [-0.3, -0.25) is 0 Å². The molecule has 0 aliphatic heterocycles. The number of hydrogen-bond acceptors (Lipinski definition) is 3. The Hall–Kier alpha value is -2.60. The van der Waals surface area contributed by atoms with Crippen LogP contribution in [0.3, 0.4) is 0 Å². The lowest BCUT2D eigenvalue weighted by Crippen LogP contribution is -2.15.